The fourth-order valence-electron chi connectivity index (χ4n) is 2.76. The van der Waals surface area contributed by atoms with Crippen LogP contribution in [-0.4, -0.2) is 73.9 Å². The molecule has 0 unspecified atom stereocenters. The van der Waals surface area contributed by atoms with Gasteiger partial charge in [0.15, 0.2) is 0 Å². The van der Waals surface area contributed by atoms with Crippen LogP contribution in [0.5, 0.6) is 0 Å². The third-order valence-corrected chi connectivity index (χ3v) is 5.59. The van der Waals surface area contributed by atoms with Gasteiger partial charge in [0.1, 0.15) is 13.2 Å². The molecule has 2 amide bonds. The summed E-state index contributed by atoms with van der Waals surface area (Å²) in [5.41, 5.74) is 0. The predicted octanol–water partition coefficient (Wildman–Crippen LogP) is 0.962. The minimum atomic E-state index is -0.0961. The van der Waals surface area contributed by atoms with Crippen LogP contribution in [0.1, 0.15) is 25.7 Å². The van der Waals surface area contributed by atoms with Crippen LogP contribution in [0.25, 0.3) is 0 Å². The van der Waals surface area contributed by atoms with E-state index in [0.717, 1.165) is 36.0 Å². The lowest BCUT2D eigenvalue weighted by atomic mass is 10.0. The third kappa shape index (κ3) is 5.35. The minimum absolute atomic E-state index is 0.0406. The summed E-state index contributed by atoms with van der Waals surface area (Å²) < 4.78 is 6.05. The van der Waals surface area contributed by atoms with Gasteiger partial charge in [-0.2, -0.15) is 11.8 Å². The highest BCUT2D eigenvalue weighted by Crippen LogP contribution is 2.33. The molecule has 0 aromatic carbocycles. The number of nitrogens with zero attached hydrogens (tertiary/aromatic N) is 1. The third-order valence-electron chi connectivity index (χ3n) is 4.08. The van der Waals surface area contributed by atoms with Gasteiger partial charge in [-0.05, 0) is 12.8 Å². The van der Waals surface area contributed by atoms with E-state index in [4.69, 9.17) is 4.74 Å². The van der Waals surface area contributed by atoms with Crippen LogP contribution in [0.3, 0.4) is 0 Å². The van der Waals surface area contributed by atoms with E-state index in [1.54, 1.807) is 0 Å². The zero-order chi connectivity index (χ0) is 16.2. The van der Waals surface area contributed by atoms with E-state index in [2.05, 4.69) is 31.8 Å². The maximum Gasteiger partial charge on any atom is 0.315 e. The number of ether oxygens (including phenoxy) is 1. The van der Waals surface area contributed by atoms with Crippen LogP contribution < -0.4 is 10.6 Å². The molecule has 2 heterocycles. The molecule has 0 aliphatic carbocycles. The van der Waals surface area contributed by atoms with Crippen molar-refractivity contribution < 1.29 is 18.8 Å². The molecule has 2 aliphatic heterocycles. The van der Waals surface area contributed by atoms with Crippen molar-refractivity contribution in [1.82, 2.24) is 10.6 Å². The minimum Gasteiger partial charge on any atom is -0.460 e. The second-order valence-corrected chi connectivity index (χ2v) is 8.37. The quantitative estimate of drug-likeness (QED) is 0.301. The molecule has 22 heavy (non-hydrogen) atoms. The summed E-state index contributed by atoms with van der Waals surface area (Å²) in [6, 6.07) is 0.498. The van der Waals surface area contributed by atoms with Gasteiger partial charge < -0.3 is 19.9 Å². The maximum atomic E-state index is 11.6. The molecular formula is C15H28N3O3S+. The second-order valence-electron chi connectivity index (χ2n) is 7.10. The molecule has 2 rings (SSSR count). The molecule has 0 bridgehead atoms. The first-order valence-corrected chi connectivity index (χ1v) is 9.05. The highest BCUT2D eigenvalue weighted by atomic mass is 32.2. The number of urea groups is 1. The number of fused-ring (bicyclic) bond motifs is 1. The van der Waals surface area contributed by atoms with E-state index >= 15 is 0 Å². The molecule has 2 aliphatic rings. The Labute approximate surface area is 136 Å². The number of esters is 1. The normalized spacial score (nSPS) is 27.2. The molecule has 3 atom stereocenters. The Balaban J connectivity index is 1.54. The van der Waals surface area contributed by atoms with Gasteiger partial charge in [0, 0.05) is 17.4 Å². The molecule has 7 heteroatoms. The van der Waals surface area contributed by atoms with E-state index in [0.29, 0.717) is 18.3 Å². The Hall–Kier alpha value is -0.950. The molecule has 0 aromatic rings. The summed E-state index contributed by atoms with van der Waals surface area (Å²) in [5.74, 6) is 0.891. The fraction of sp³-hybridized carbons (Fsp3) is 0.867. The predicted molar refractivity (Wildman–Crippen MR) is 87.8 cm³/mol. The van der Waals surface area contributed by atoms with Gasteiger partial charge in [-0.1, -0.05) is 6.42 Å². The number of amides is 2. The molecule has 2 N–H and O–H groups in total. The van der Waals surface area contributed by atoms with Gasteiger partial charge in [-0.25, -0.2) is 4.79 Å². The van der Waals surface area contributed by atoms with Crippen molar-refractivity contribution in [1.29, 1.82) is 0 Å². The van der Waals surface area contributed by atoms with E-state index in [9.17, 15) is 9.59 Å². The number of quaternary nitrogens is 1. The van der Waals surface area contributed by atoms with Crippen molar-refractivity contribution in [2.24, 2.45) is 0 Å². The van der Waals surface area contributed by atoms with Crippen molar-refractivity contribution in [3.05, 3.63) is 0 Å². The van der Waals surface area contributed by atoms with Crippen LogP contribution in [0, 0.1) is 0 Å². The Morgan fingerprint density at radius 1 is 1.32 bits per heavy atom. The van der Waals surface area contributed by atoms with Gasteiger partial charge >= 0.3 is 12.0 Å². The highest BCUT2D eigenvalue weighted by Gasteiger charge is 2.42. The smallest absolute Gasteiger partial charge is 0.315 e. The van der Waals surface area contributed by atoms with Crippen LogP contribution in [-0.2, 0) is 9.53 Å². The Bertz CT molecular complexity index is 411. The SMILES string of the molecule is C[N+](C)(C)CCOC(=O)CCCC[C@@H]1SC[C@@H]2NC(=O)N[C@@H]21. The standard InChI is InChI=1S/C15H27N3O3S/c1-18(2,3)8-9-21-13(19)7-5-4-6-12-14-11(10-22-12)16-15(20)17-14/h11-12,14H,4-10H2,1-3H3,(H-,16,17,20)/p+1/t11-,12-,14-/m0/s1. The topological polar surface area (TPSA) is 67.4 Å². The van der Waals surface area contributed by atoms with E-state index in [1.165, 1.54) is 0 Å². The number of carbonyl (C=O) groups is 2. The van der Waals surface area contributed by atoms with Gasteiger partial charge in [0.05, 0.1) is 33.2 Å². The molecular weight excluding hydrogens is 302 g/mol. The largest absolute Gasteiger partial charge is 0.460 e. The first-order chi connectivity index (χ1) is 10.3. The summed E-state index contributed by atoms with van der Waals surface area (Å²) in [6.07, 6.45) is 3.40. The Morgan fingerprint density at radius 3 is 2.82 bits per heavy atom. The van der Waals surface area contributed by atoms with Gasteiger partial charge in [-0.15, -0.1) is 0 Å². The Morgan fingerprint density at radius 2 is 2.09 bits per heavy atom. The zero-order valence-corrected chi connectivity index (χ0v) is 14.6. The number of nitrogens with one attached hydrogen (secondary N) is 2. The summed E-state index contributed by atoms with van der Waals surface area (Å²) in [5, 5.41) is 6.41. The highest BCUT2D eigenvalue weighted by molar-refractivity contribution is 8.00. The molecule has 0 spiro atoms. The van der Waals surface area contributed by atoms with Crippen molar-refractivity contribution in [3.63, 3.8) is 0 Å². The summed E-state index contributed by atoms with van der Waals surface area (Å²) in [6.45, 7) is 1.32. The number of hydrogen-bond acceptors (Lipinski definition) is 4. The molecule has 0 saturated carbocycles. The van der Waals surface area contributed by atoms with Crippen molar-refractivity contribution >= 4 is 23.8 Å². The lowest BCUT2D eigenvalue weighted by Gasteiger charge is -2.23. The lowest BCUT2D eigenvalue weighted by molar-refractivity contribution is -0.870. The van der Waals surface area contributed by atoms with E-state index in [-0.39, 0.29) is 24.1 Å². The monoisotopic (exact) mass is 330 g/mol. The van der Waals surface area contributed by atoms with Crippen molar-refractivity contribution in [2.75, 3.05) is 40.0 Å². The number of unbranched alkanes of at least 4 members (excludes halogenated alkanes) is 1. The van der Waals surface area contributed by atoms with E-state index < -0.39 is 0 Å². The van der Waals surface area contributed by atoms with Gasteiger partial charge in [-0.3, -0.25) is 4.79 Å². The van der Waals surface area contributed by atoms with Gasteiger partial charge in [0.25, 0.3) is 0 Å². The zero-order valence-electron chi connectivity index (χ0n) is 13.8. The van der Waals surface area contributed by atoms with Crippen molar-refractivity contribution in [3.8, 4) is 0 Å². The maximum absolute atomic E-state index is 11.6. The average Bonchev–Trinajstić information content (AvgIpc) is 2.93. The van der Waals surface area contributed by atoms with E-state index in [1.807, 2.05) is 11.8 Å². The van der Waals surface area contributed by atoms with Crippen LogP contribution >= 0.6 is 11.8 Å². The molecule has 2 saturated heterocycles. The summed E-state index contributed by atoms with van der Waals surface area (Å²) >= 11 is 1.92. The molecule has 126 valence electrons. The Kier molecular flexibility index (Phi) is 5.97. The lowest BCUT2D eigenvalue weighted by Crippen LogP contribution is -2.38. The molecule has 2 fully saturated rings. The molecule has 6 nitrogen and oxygen atoms in total. The second kappa shape index (κ2) is 7.55. The first kappa shape index (κ1) is 17.4. The number of rotatable bonds is 8. The summed E-state index contributed by atoms with van der Waals surface area (Å²) in [4.78, 5) is 22.9. The number of thioether (sulfide) groups is 1. The van der Waals surface area contributed by atoms with Gasteiger partial charge in [0.2, 0.25) is 0 Å². The molecule has 0 radical (unpaired) electrons. The van der Waals surface area contributed by atoms with Crippen LogP contribution in [0.15, 0.2) is 0 Å². The number of carbonyl (C=O) groups excluding carboxylic acids is 2. The number of hydrogen-bond donors (Lipinski definition) is 2. The first-order valence-electron chi connectivity index (χ1n) is 8.00. The fourth-order valence-corrected chi connectivity index (χ4v) is 4.31. The van der Waals surface area contributed by atoms with Crippen molar-refractivity contribution in [2.45, 2.75) is 43.0 Å². The average molecular weight is 330 g/mol. The van der Waals surface area contributed by atoms with Crippen LogP contribution in [0.2, 0.25) is 0 Å². The summed E-state index contributed by atoms with van der Waals surface area (Å²) in [7, 11) is 6.24. The van der Waals surface area contributed by atoms with Crippen LogP contribution in [0.4, 0.5) is 4.79 Å². The molecule has 0 aromatic heterocycles. The number of likely N-dealkylation sites (N-methyl/N-ethyl adjacent to an activating group) is 1.